The molecule has 0 aliphatic heterocycles. The van der Waals surface area contributed by atoms with Gasteiger partial charge in [0, 0.05) is 0 Å². The fourth-order valence-electron chi connectivity index (χ4n) is 2.24. The lowest BCUT2D eigenvalue weighted by Gasteiger charge is -2.06. The van der Waals surface area contributed by atoms with Gasteiger partial charge in [-0.15, -0.1) is 22.7 Å². The largest absolute Gasteiger partial charge is 0.462 e. The summed E-state index contributed by atoms with van der Waals surface area (Å²) in [6, 6.07) is 8.90. The number of halogens is 1. The molecule has 0 radical (unpaired) electrons. The van der Waals surface area contributed by atoms with Crippen LogP contribution in [0, 0.1) is 0 Å². The number of Topliss-reactive ketones (excluding diaryl/α,β-unsaturated/α-hetero) is 1. The van der Waals surface area contributed by atoms with E-state index >= 15 is 0 Å². The Morgan fingerprint density at radius 3 is 2.78 bits per heavy atom. The van der Waals surface area contributed by atoms with E-state index in [4.69, 9.17) is 0 Å². The number of amides is 1. The third-order valence-electron chi connectivity index (χ3n) is 3.46. The number of nitrogens with zero attached hydrogens (tertiary/aromatic N) is 1. The van der Waals surface area contributed by atoms with Gasteiger partial charge in [-0.2, -0.15) is 0 Å². The first-order chi connectivity index (χ1) is 12.9. The Morgan fingerprint density at radius 1 is 1.26 bits per heavy atom. The number of fused-ring (bicyclic) bond motifs is 1. The predicted molar refractivity (Wildman–Crippen MR) is 102 cm³/mol. The number of anilines is 1. The van der Waals surface area contributed by atoms with Crippen molar-refractivity contribution < 1.29 is 23.5 Å². The summed E-state index contributed by atoms with van der Waals surface area (Å²) in [5.41, 5.74) is 0.930. The van der Waals surface area contributed by atoms with Crippen molar-refractivity contribution in [3.8, 4) is 0 Å². The maximum absolute atomic E-state index is 12.7. The standard InChI is InChI=1S/C18H15FN2O4S2/c1-10(19)9-25-15(23)8-13(22)11-6-7-26-17(11)21-16(24)18-20-12-4-2-3-5-14(12)27-18/h2-7,10H,8-9H2,1H3,(H,21,24). The molecule has 3 aromatic rings. The quantitative estimate of drug-likeness (QED) is 0.363. The van der Waals surface area contributed by atoms with E-state index in [1.807, 2.05) is 24.3 Å². The van der Waals surface area contributed by atoms with Gasteiger partial charge in [0.2, 0.25) is 0 Å². The van der Waals surface area contributed by atoms with Crippen LogP contribution in [0.15, 0.2) is 35.7 Å². The molecule has 0 bridgehead atoms. The van der Waals surface area contributed by atoms with Crippen molar-refractivity contribution in [2.45, 2.75) is 19.5 Å². The van der Waals surface area contributed by atoms with E-state index in [0.717, 1.165) is 10.2 Å². The SMILES string of the molecule is CC(F)COC(=O)CC(=O)c1ccsc1NC(=O)c1nc2ccccc2s1. The molecule has 3 rings (SSSR count). The molecule has 6 nitrogen and oxygen atoms in total. The summed E-state index contributed by atoms with van der Waals surface area (Å²) in [6.07, 6.45) is -1.82. The van der Waals surface area contributed by atoms with Crippen LogP contribution in [-0.2, 0) is 9.53 Å². The number of carbonyl (C=O) groups is 3. The number of carbonyl (C=O) groups excluding carboxylic acids is 3. The van der Waals surface area contributed by atoms with Crippen molar-refractivity contribution in [1.29, 1.82) is 0 Å². The highest BCUT2D eigenvalue weighted by molar-refractivity contribution is 7.20. The van der Waals surface area contributed by atoms with Crippen LogP contribution in [-0.4, -0.2) is 35.4 Å². The van der Waals surface area contributed by atoms with Crippen molar-refractivity contribution in [2.24, 2.45) is 0 Å². The number of esters is 1. The Kier molecular flexibility index (Phi) is 5.92. The minimum atomic E-state index is -1.30. The highest BCUT2D eigenvalue weighted by atomic mass is 32.1. The highest BCUT2D eigenvalue weighted by Crippen LogP contribution is 2.27. The monoisotopic (exact) mass is 406 g/mol. The lowest BCUT2D eigenvalue weighted by Crippen LogP contribution is -2.17. The third kappa shape index (κ3) is 4.75. The Labute approximate surface area is 162 Å². The van der Waals surface area contributed by atoms with Gasteiger partial charge in [0.25, 0.3) is 5.91 Å². The fourth-order valence-corrected chi connectivity index (χ4v) is 3.90. The van der Waals surface area contributed by atoms with E-state index in [1.54, 1.807) is 5.38 Å². The Morgan fingerprint density at radius 2 is 2.04 bits per heavy atom. The second kappa shape index (κ2) is 8.36. The van der Waals surface area contributed by atoms with Crippen LogP contribution in [0.2, 0.25) is 0 Å². The van der Waals surface area contributed by atoms with E-state index < -0.39 is 36.9 Å². The van der Waals surface area contributed by atoms with Crippen LogP contribution in [0.25, 0.3) is 10.2 Å². The number of ether oxygens (including phenoxy) is 1. The van der Waals surface area contributed by atoms with Crippen LogP contribution < -0.4 is 5.32 Å². The average molecular weight is 406 g/mol. The van der Waals surface area contributed by atoms with E-state index in [-0.39, 0.29) is 10.6 Å². The third-order valence-corrected chi connectivity index (χ3v) is 5.32. The van der Waals surface area contributed by atoms with Crippen molar-refractivity contribution in [3.63, 3.8) is 0 Å². The molecule has 140 valence electrons. The van der Waals surface area contributed by atoms with E-state index in [0.29, 0.717) is 5.00 Å². The van der Waals surface area contributed by atoms with Crippen molar-refractivity contribution in [1.82, 2.24) is 4.98 Å². The Balaban J connectivity index is 1.68. The number of thiophene rings is 1. The van der Waals surface area contributed by atoms with Crippen LogP contribution in [0.5, 0.6) is 0 Å². The second-order valence-electron chi connectivity index (χ2n) is 5.67. The van der Waals surface area contributed by atoms with Crippen LogP contribution in [0.1, 0.15) is 33.5 Å². The molecule has 9 heteroatoms. The lowest BCUT2D eigenvalue weighted by atomic mass is 10.1. The molecule has 0 spiro atoms. The number of thiazole rings is 1. The van der Waals surface area contributed by atoms with Crippen LogP contribution in [0.4, 0.5) is 9.39 Å². The summed E-state index contributed by atoms with van der Waals surface area (Å²) < 4.78 is 18.3. The molecular formula is C18H15FN2O4S2. The predicted octanol–water partition coefficient (Wildman–Crippen LogP) is 4.08. The van der Waals surface area contributed by atoms with Crippen molar-refractivity contribution >= 4 is 55.6 Å². The van der Waals surface area contributed by atoms with Gasteiger partial charge in [-0.3, -0.25) is 14.4 Å². The second-order valence-corrected chi connectivity index (χ2v) is 7.61. The first-order valence-corrected chi connectivity index (χ1v) is 9.71. The van der Waals surface area contributed by atoms with E-state index in [9.17, 15) is 18.8 Å². The summed E-state index contributed by atoms with van der Waals surface area (Å²) in [7, 11) is 0. The Bertz CT molecular complexity index is 963. The van der Waals surface area contributed by atoms with Crippen molar-refractivity contribution in [3.05, 3.63) is 46.3 Å². The molecule has 1 atom stereocenters. The summed E-state index contributed by atoms with van der Waals surface area (Å²) in [5.74, 6) is -1.74. The van der Waals surface area contributed by atoms with E-state index in [2.05, 4.69) is 15.0 Å². The topological polar surface area (TPSA) is 85.4 Å². The van der Waals surface area contributed by atoms with Gasteiger partial charge in [-0.25, -0.2) is 9.37 Å². The fraction of sp³-hybridized carbons (Fsp3) is 0.222. The number of rotatable bonds is 7. The number of alkyl halides is 1. The number of para-hydroxylation sites is 1. The number of ketones is 1. The molecule has 0 saturated heterocycles. The minimum Gasteiger partial charge on any atom is -0.462 e. The molecule has 2 heterocycles. The number of nitrogens with one attached hydrogen (secondary N) is 1. The normalized spacial score (nSPS) is 11.9. The molecule has 0 fully saturated rings. The van der Waals surface area contributed by atoms with E-state index in [1.165, 1.54) is 35.7 Å². The van der Waals surface area contributed by atoms with Gasteiger partial charge < -0.3 is 10.1 Å². The molecule has 27 heavy (non-hydrogen) atoms. The maximum atomic E-state index is 12.7. The smallest absolute Gasteiger partial charge is 0.313 e. The van der Waals surface area contributed by atoms with Gasteiger partial charge >= 0.3 is 5.97 Å². The summed E-state index contributed by atoms with van der Waals surface area (Å²) in [5, 5.41) is 4.91. The van der Waals surface area contributed by atoms with Gasteiger partial charge in [-0.1, -0.05) is 12.1 Å². The summed E-state index contributed by atoms with van der Waals surface area (Å²) >= 11 is 2.41. The summed E-state index contributed by atoms with van der Waals surface area (Å²) in [4.78, 5) is 40.6. The van der Waals surface area contributed by atoms with Gasteiger partial charge in [0.05, 0.1) is 15.8 Å². The van der Waals surface area contributed by atoms with Crippen molar-refractivity contribution in [2.75, 3.05) is 11.9 Å². The lowest BCUT2D eigenvalue weighted by molar-refractivity contribution is -0.144. The number of aromatic nitrogens is 1. The minimum absolute atomic E-state index is 0.208. The van der Waals surface area contributed by atoms with Gasteiger partial charge in [0.15, 0.2) is 10.8 Å². The Hall–Kier alpha value is -2.65. The number of hydrogen-bond acceptors (Lipinski definition) is 7. The van der Waals surface area contributed by atoms with Gasteiger partial charge in [-0.05, 0) is 30.5 Å². The molecular weight excluding hydrogens is 391 g/mol. The maximum Gasteiger partial charge on any atom is 0.313 e. The molecule has 1 aromatic carbocycles. The zero-order valence-corrected chi connectivity index (χ0v) is 15.9. The molecule has 1 unspecified atom stereocenters. The van der Waals surface area contributed by atoms with Crippen LogP contribution in [0.3, 0.4) is 0 Å². The first kappa shape index (κ1) is 19.1. The molecule has 0 aliphatic rings. The first-order valence-electron chi connectivity index (χ1n) is 8.01. The molecule has 1 amide bonds. The summed E-state index contributed by atoms with van der Waals surface area (Å²) in [6.45, 7) is 0.862. The molecule has 0 saturated carbocycles. The molecule has 1 N–H and O–H groups in total. The van der Waals surface area contributed by atoms with Crippen LogP contribution >= 0.6 is 22.7 Å². The highest BCUT2D eigenvalue weighted by Gasteiger charge is 2.21. The molecule has 0 aliphatic carbocycles. The van der Waals surface area contributed by atoms with Gasteiger partial charge in [0.1, 0.15) is 24.2 Å². The zero-order valence-electron chi connectivity index (χ0n) is 14.2. The average Bonchev–Trinajstić information content (AvgIpc) is 3.26. The zero-order chi connectivity index (χ0) is 19.4. The molecule has 2 aromatic heterocycles. The number of hydrogen-bond donors (Lipinski definition) is 1. The number of benzene rings is 1.